The Balaban J connectivity index is 1.77. The molecule has 0 bridgehead atoms. The van der Waals surface area contributed by atoms with E-state index in [0.717, 1.165) is 10.9 Å². The maximum Gasteiger partial charge on any atom is 0.272 e. The van der Waals surface area contributed by atoms with Gasteiger partial charge in [-0.2, -0.15) is 0 Å². The number of halogens is 1. The van der Waals surface area contributed by atoms with Crippen LogP contribution in [0.15, 0.2) is 34.9 Å². The highest BCUT2D eigenvalue weighted by Crippen LogP contribution is 2.32. The van der Waals surface area contributed by atoms with Crippen molar-refractivity contribution in [3.63, 3.8) is 0 Å². The molecule has 1 amide bonds. The van der Waals surface area contributed by atoms with Crippen LogP contribution in [0.1, 0.15) is 16.9 Å². The number of carbonyl (C=O) groups excluding carboxylic acids is 1. The molecule has 0 saturated carbocycles. The minimum atomic E-state index is -0.204. The Bertz CT molecular complexity index is 639. The molecule has 2 N–H and O–H groups in total. The quantitative estimate of drug-likeness (QED) is 0.885. The van der Waals surface area contributed by atoms with Gasteiger partial charge in [0, 0.05) is 28.8 Å². The first kappa shape index (κ1) is 13.1. The number of hydrogen-bond acceptors (Lipinski definition) is 3. The lowest BCUT2D eigenvalue weighted by atomic mass is 10.2. The molecule has 0 radical (unpaired) electrons. The van der Waals surface area contributed by atoms with E-state index in [1.54, 1.807) is 30.5 Å². The Kier molecular flexibility index (Phi) is 3.64. The van der Waals surface area contributed by atoms with Crippen molar-refractivity contribution in [1.82, 2.24) is 4.98 Å². The van der Waals surface area contributed by atoms with Gasteiger partial charge in [-0.25, -0.2) is 0 Å². The van der Waals surface area contributed by atoms with Crippen LogP contribution < -0.4 is 14.8 Å². The fourth-order valence-corrected chi connectivity index (χ4v) is 2.28. The maximum absolute atomic E-state index is 12.0. The second-order valence-corrected chi connectivity index (χ2v) is 5.31. The second kappa shape index (κ2) is 5.58. The Morgan fingerprint density at radius 3 is 2.75 bits per heavy atom. The lowest BCUT2D eigenvalue weighted by Crippen LogP contribution is -2.12. The smallest absolute Gasteiger partial charge is 0.272 e. The number of anilines is 1. The number of rotatable bonds is 2. The van der Waals surface area contributed by atoms with Crippen molar-refractivity contribution in [3.05, 3.63) is 40.6 Å². The average Bonchev–Trinajstić information content (AvgIpc) is 2.74. The maximum atomic E-state index is 12.0. The van der Waals surface area contributed by atoms with E-state index in [4.69, 9.17) is 9.47 Å². The lowest BCUT2D eigenvalue weighted by molar-refractivity contribution is 0.102. The number of fused-ring (bicyclic) bond motifs is 1. The van der Waals surface area contributed by atoms with Crippen LogP contribution in [0.2, 0.25) is 0 Å². The van der Waals surface area contributed by atoms with Crippen molar-refractivity contribution < 1.29 is 14.3 Å². The summed E-state index contributed by atoms with van der Waals surface area (Å²) in [5.74, 6) is 1.17. The van der Waals surface area contributed by atoms with E-state index < -0.39 is 0 Å². The summed E-state index contributed by atoms with van der Waals surface area (Å²) >= 11 is 3.30. The first-order valence-corrected chi connectivity index (χ1v) is 7.06. The molecule has 1 aliphatic rings. The van der Waals surface area contributed by atoms with Gasteiger partial charge in [0.05, 0.1) is 13.2 Å². The molecule has 1 aromatic heterocycles. The van der Waals surface area contributed by atoms with Crippen molar-refractivity contribution >= 4 is 27.5 Å². The molecular weight excluding hydrogens is 324 g/mol. The number of hydrogen-bond donors (Lipinski definition) is 2. The Hall–Kier alpha value is -1.95. The van der Waals surface area contributed by atoms with Crippen molar-refractivity contribution in [2.45, 2.75) is 6.42 Å². The molecule has 6 heteroatoms. The van der Waals surface area contributed by atoms with Gasteiger partial charge >= 0.3 is 0 Å². The van der Waals surface area contributed by atoms with Gasteiger partial charge in [-0.05, 0) is 34.1 Å². The summed E-state index contributed by atoms with van der Waals surface area (Å²) in [6, 6.07) is 7.10. The van der Waals surface area contributed by atoms with Gasteiger partial charge in [-0.15, -0.1) is 0 Å². The van der Waals surface area contributed by atoms with Crippen molar-refractivity contribution in [1.29, 1.82) is 0 Å². The Morgan fingerprint density at radius 2 is 2.00 bits per heavy atom. The topological polar surface area (TPSA) is 63.4 Å². The zero-order valence-electron chi connectivity index (χ0n) is 10.6. The first-order valence-electron chi connectivity index (χ1n) is 6.27. The predicted octanol–water partition coefficient (Wildman–Crippen LogP) is 3.19. The number of aromatic amines is 1. The molecule has 0 saturated heterocycles. The van der Waals surface area contributed by atoms with Gasteiger partial charge in [-0.1, -0.05) is 0 Å². The summed E-state index contributed by atoms with van der Waals surface area (Å²) < 4.78 is 12.0. The molecule has 5 nitrogen and oxygen atoms in total. The first-order chi connectivity index (χ1) is 9.72. The summed E-state index contributed by atoms with van der Waals surface area (Å²) in [6.07, 6.45) is 2.57. The molecule has 0 unspecified atom stereocenters. The van der Waals surface area contributed by atoms with Crippen LogP contribution in [0.25, 0.3) is 0 Å². The number of amides is 1. The predicted molar refractivity (Wildman–Crippen MR) is 78.5 cm³/mol. The second-order valence-electron chi connectivity index (χ2n) is 4.40. The molecule has 0 aliphatic carbocycles. The van der Waals surface area contributed by atoms with Gasteiger partial charge in [0.1, 0.15) is 5.69 Å². The molecular formula is C14H13BrN2O3. The van der Waals surface area contributed by atoms with Gasteiger partial charge < -0.3 is 19.8 Å². The molecule has 2 heterocycles. The Morgan fingerprint density at radius 1 is 1.20 bits per heavy atom. The van der Waals surface area contributed by atoms with Crippen LogP contribution in [0, 0.1) is 0 Å². The monoisotopic (exact) mass is 336 g/mol. The third-order valence-electron chi connectivity index (χ3n) is 2.90. The van der Waals surface area contributed by atoms with Crippen molar-refractivity contribution in [3.8, 4) is 11.5 Å². The molecule has 20 heavy (non-hydrogen) atoms. The highest BCUT2D eigenvalue weighted by molar-refractivity contribution is 9.10. The minimum absolute atomic E-state index is 0.204. The van der Waals surface area contributed by atoms with Gasteiger partial charge in [0.25, 0.3) is 5.91 Å². The third-order valence-corrected chi connectivity index (χ3v) is 3.36. The van der Waals surface area contributed by atoms with Crippen LogP contribution >= 0.6 is 15.9 Å². The number of ether oxygens (including phenoxy) is 2. The number of carbonyl (C=O) groups is 1. The standard InChI is InChI=1S/C14H13BrN2O3/c15-9-6-11(16-8-9)14(18)17-10-2-3-12-13(7-10)20-5-1-4-19-12/h2-3,6-8,16H,1,4-5H2,(H,17,18). The highest BCUT2D eigenvalue weighted by atomic mass is 79.9. The zero-order chi connectivity index (χ0) is 13.9. The normalized spacial score (nSPS) is 13.7. The molecule has 1 aromatic carbocycles. The molecule has 3 rings (SSSR count). The van der Waals surface area contributed by atoms with E-state index in [2.05, 4.69) is 26.2 Å². The average molecular weight is 337 g/mol. The van der Waals surface area contributed by atoms with Gasteiger partial charge in [-0.3, -0.25) is 4.79 Å². The SMILES string of the molecule is O=C(Nc1ccc2c(c1)OCCCO2)c1cc(Br)c[nH]1. The van der Waals surface area contributed by atoms with E-state index in [-0.39, 0.29) is 5.91 Å². The summed E-state index contributed by atoms with van der Waals surface area (Å²) in [5, 5.41) is 2.82. The van der Waals surface area contributed by atoms with Crippen molar-refractivity contribution in [2.75, 3.05) is 18.5 Å². The zero-order valence-corrected chi connectivity index (χ0v) is 12.2. The number of benzene rings is 1. The molecule has 0 spiro atoms. The minimum Gasteiger partial charge on any atom is -0.490 e. The van der Waals surface area contributed by atoms with E-state index in [9.17, 15) is 4.79 Å². The highest BCUT2D eigenvalue weighted by Gasteiger charge is 2.13. The number of nitrogens with one attached hydrogen (secondary N) is 2. The van der Waals surface area contributed by atoms with Crippen LogP contribution in [-0.2, 0) is 0 Å². The van der Waals surface area contributed by atoms with Crippen LogP contribution in [0.5, 0.6) is 11.5 Å². The van der Waals surface area contributed by atoms with E-state index in [1.165, 1.54) is 0 Å². The molecule has 2 aromatic rings. The number of H-pyrrole nitrogens is 1. The van der Waals surface area contributed by atoms with Gasteiger partial charge in [0.2, 0.25) is 0 Å². The van der Waals surface area contributed by atoms with Crippen LogP contribution in [0.3, 0.4) is 0 Å². The van der Waals surface area contributed by atoms with E-state index in [0.29, 0.717) is 36.1 Å². The summed E-state index contributed by atoms with van der Waals surface area (Å²) in [6.45, 7) is 1.27. The van der Waals surface area contributed by atoms with E-state index in [1.807, 2.05) is 0 Å². The summed E-state index contributed by atoms with van der Waals surface area (Å²) in [5.41, 5.74) is 1.16. The summed E-state index contributed by atoms with van der Waals surface area (Å²) in [4.78, 5) is 14.9. The van der Waals surface area contributed by atoms with E-state index >= 15 is 0 Å². The summed E-state index contributed by atoms with van der Waals surface area (Å²) in [7, 11) is 0. The van der Waals surface area contributed by atoms with Crippen molar-refractivity contribution in [2.24, 2.45) is 0 Å². The van der Waals surface area contributed by atoms with Gasteiger partial charge in [0.15, 0.2) is 11.5 Å². The van der Waals surface area contributed by atoms with Crippen LogP contribution in [-0.4, -0.2) is 24.1 Å². The molecule has 0 atom stereocenters. The molecule has 0 fully saturated rings. The third kappa shape index (κ3) is 2.80. The fraction of sp³-hybridized carbons (Fsp3) is 0.214. The number of aromatic nitrogens is 1. The fourth-order valence-electron chi connectivity index (χ4n) is 1.94. The lowest BCUT2D eigenvalue weighted by Gasteiger charge is -2.10. The molecule has 1 aliphatic heterocycles. The Labute approximate surface area is 124 Å². The largest absolute Gasteiger partial charge is 0.490 e. The molecule has 104 valence electrons. The van der Waals surface area contributed by atoms with Crippen LogP contribution in [0.4, 0.5) is 5.69 Å².